The van der Waals surface area contributed by atoms with Gasteiger partial charge in [-0.2, -0.15) is 0 Å². The second-order valence-corrected chi connectivity index (χ2v) is 5.72. The van der Waals surface area contributed by atoms with Crippen molar-refractivity contribution in [3.05, 3.63) is 27.1 Å². The Balaban J connectivity index is 2.04. The van der Waals surface area contributed by atoms with Crippen molar-refractivity contribution in [2.24, 2.45) is 0 Å². The average Bonchev–Trinajstić information content (AvgIpc) is 2.78. The topological polar surface area (TPSA) is 84.3 Å². The molecule has 1 aliphatic rings. The molecule has 0 aliphatic carbocycles. The summed E-state index contributed by atoms with van der Waals surface area (Å²) in [5.74, 6) is -0.225. The van der Waals surface area contributed by atoms with E-state index in [1.54, 1.807) is 0 Å². The monoisotopic (exact) mass is 269 g/mol. The van der Waals surface area contributed by atoms with Crippen molar-refractivity contribution < 1.29 is 9.72 Å². The third kappa shape index (κ3) is 2.85. The summed E-state index contributed by atoms with van der Waals surface area (Å²) in [6.45, 7) is 3.76. The minimum atomic E-state index is -0.478. The molecule has 1 aromatic heterocycles. The summed E-state index contributed by atoms with van der Waals surface area (Å²) in [5, 5.41) is 16.8. The molecule has 1 saturated heterocycles. The smallest absolute Gasteiger partial charge is 0.324 e. The van der Waals surface area contributed by atoms with Gasteiger partial charge in [0.05, 0.1) is 9.80 Å². The predicted octanol–water partition coefficient (Wildman–Crippen LogP) is 1.53. The van der Waals surface area contributed by atoms with Crippen LogP contribution in [-0.2, 0) is 0 Å². The van der Waals surface area contributed by atoms with E-state index in [1.165, 1.54) is 12.1 Å². The number of piperidine rings is 1. The second kappa shape index (κ2) is 5.03. The van der Waals surface area contributed by atoms with Crippen LogP contribution in [0.1, 0.15) is 29.4 Å². The number of carbonyl (C=O) groups excluding carboxylic acids is 1. The number of thiophene rings is 1. The maximum atomic E-state index is 12.0. The van der Waals surface area contributed by atoms with Crippen LogP contribution in [0.2, 0.25) is 0 Å². The third-order valence-electron chi connectivity index (χ3n) is 3.12. The van der Waals surface area contributed by atoms with E-state index < -0.39 is 4.92 Å². The number of nitro groups is 1. The molecule has 0 unspecified atom stereocenters. The molecule has 0 spiro atoms. The van der Waals surface area contributed by atoms with Crippen LogP contribution in [0, 0.1) is 10.1 Å². The molecule has 0 saturated carbocycles. The highest BCUT2D eigenvalue weighted by atomic mass is 32.1. The first kappa shape index (κ1) is 13.0. The molecule has 0 radical (unpaired) electrons. The van der Waals surface area contributed by atoms with Crippen molar-refractivity contribution in [1.29, 1.82) is 0 Å². The number of rotatable bonds is 3. The number of hydrogen-bond donors (Lipinski definition) is 2. The van der Waals surface area contributed by atoms with Crippen molar-refractivity contribution in [3.63, 3.8) is 0 Å². The Bertz CT molecular complexity index is 466. The summed E-state index contributed by atoms with van der Waals surface area (Å²) in [6, 6.07) is 2.87. The SMILES string of the molecule is CC1(NC(=O)c2ccc([N+](=O)[O-])s2)CCNCC1. The first-order valence-corrected chi connectivity index (χ1v) is 6.59. The number of nitrogens with zero attached hydrogens (tertiary/aromatic N) is 1. The number of nitrogens with one attached hydrogen (secondary N) is 2. The number of hydrogen-bond acceptors (Lipinski definition) is 5. The normalized spacial score (nSPS) is 18.3. The Kier molecular flexibility index (Phi) is 3.63. The van der Waals surface area contributed by atoms with E-state index in [0.29, 0.717) is 4.88 Å². The Hall–Kier alpha value is -1.47. The molecule has 1 aromatic rings. The fourth-order valence-electron chi connectivity index (χ4n) is 1.99. The molecule has 2 heterocycles. The van der Waals surface area contributed by atoms with Gasteiger partial charge in [0.15, 0.2) is 0 Å². The highest BCUT2D eigenvalue weighted by molar-refractivity contribution is 7.17. The standard InChI is InChI=1S/C11H15N3O3S/c1-11(4-6-12-7-5-11)13-10(15)8-2-3-9(18-8)14(16)17/h2-3,12H,4-7H2,1H3,(H,13,15). The van der Waals surface area contributed by atoms with Crippen molar-refractivity contribution in [2.75, 3.05) is 13.1 Å². The molecule has 0 aromatic carbocycles. The van der Waals surface area contributed by atoms with E-state index in [1.807, 2.05) is 6.92 Å². The molecule has 18 heavy (non-hydrogen) atoms. The third-order valence-corrected chi connectivity index (χ3v) is 4.15. The minimum absolute atomic E-state index is 0.00406. The Morgan fingerprint density at radius 2 is 2.17 bits per heavy atom. The Morgan fingerprint density at radius 3 is 2.72 bits per heavy atom. The van der Waals surface area contributed by atoms with Gasteiger partial charge in [-0.05, 0) is 38.9 Å². The predicted molar refractivity (Wildman–Crippen MR) is 68.9 cm³/mol. The lowest BCUT2D eigenvalue weighted by Crippen LogP contribution is -2.52. The van der Waals surface area contributed by atoms with Crippen molar-refractivity contribution in [2.45, 2.75) is 25.3 Å². The summed E-state index contributed by atoms with van der Waals surface area (Å²) in [5.41, 5.74) is -0.221. The Morgan fingerprint density at radius 1 is 1.50 bits per heavy atom. The van der Waals surface area contributed by atoms with Crippen LogP contribution in [0.4, 0.5) is 5.00 Å². The van der Waals surface area contributed by atoms with Gasteiger partial charge in [0, 0.05) is 11.6 Å². The summed E-state index contributed by atoms with van der Waals surface area (Å²) in [7, 11) is 0. The van der Waals surface area contributed by atoms with Gasteiger partial charge < -0.3 is 10.6 Å². The van der Waals surface area contributed by atoms with Crippen LogP contribution in [0.25, 0.3) is 0 Å². The van der Waals surface area contributed by atoms with Crippen molar-refractivity contribution in [1.82, 2.24) is 10.6 Å². The molecule has 0 atom stereocenters. The molecule has 1 amide bonds. The summed E-state index contributed by atoms with van der Waals surface area (Å²) >= 11 is 0.910. The maximum absolute atomic E-state index is 12.0. The van der Waals surface area contributed by atoms with Crippen LogP contribution in [-0.4, -0.2) is 29.5 Å². The zero-order chi connectivity index (χ0) is 13.2. The van der Waals surface area contributed by atoms with Crippen molar-refractivity contribution in [3.8, 4) is 0 Å². The lowest BCUT2D eigenvalue weighted by molar-refractivity contribution is -0.380. The van der Waals surface area contributed by atoms with E-state index >= 15 is 0 Å². The van der Waals surface area contributed by atoms with Crippen LogP contribution in [0.15, 0.2) is 12.1 Å². The number of amides is 1. The fraction of sp³-hybridized carbons (Fsp3) is 0.545. The summed E-state index contributed by atoms with van der Waals surface area (Å²) in [4.78, 5) is 22.5. The average molecular weight is 269 g/mol. The van der Waals surface area contributed by atoms with Crippen LogP contribution in [0.5, 0.6) is 0 Å². The fourth-order valence-corrected chi connectivity index (χ4v) is 2.70. The zero-order valence-electron chi connectivity index (χ0n) is 10.1. The van der Waals surface area contributed by atoms with Gasteiger partial charge in [0.1, 0.15) is 0 Å². The molecule has 6 nitrogen and oxygen atoms in total. The molecule has 98 valence electrons. The maximum Gasteiger partial charge on any atom is 0.324 e. The molecule has 1 fully saturated rings. The van der Waals surface area contributed by atoms with E-state index in [9.17, 15) is 14.9 Å². The molecule has 0 bridgehead atoms. The largest absolute Gasteiger partial charge is 0.346 e. The zero-order valence-corrected chi connectivity index (χ0v) is 10.9. The molecule has 7 heteroatoms. The molecule has 2 rings (SSSR count). The lowest BCUT2D eigenvalue weighted by atomic mass is 9.90. The van der Waals surface area contributed by atoms with Gasteiger partial charge in [-0.25, -0.2) is 0 Å². The van der Waals surface area contributed by atoms with E-state index in [-0.39, 0.29) is 16.4 Å². The molecule has 1 aliphatic heterocycles. The van der Waals surface area contributed by atoms with Gasteiger partial charge in [0.2, 0.25) is 0 Å². The van der Waals surface area contributed by atoms with E-state index in [4.69, 9.17) is 0 Å². The summed E-state index contributed by atoms with van der Waals surface area (Å²) in [6.07, 6.45) is 1.73. The van der Waals surface area contributed by atoms with Gasteiger partial charge >= 0.3 is 5.00 Å². The molecular formula is C11H15N3O3S. The van der Waals surface area contributed by atoms with Crippen LogP contribution < -0.4 is 10.6 Å². The summed E-state index contributed by atoms with van der Waals surface area (Å²) < 4.78 is 0. The minimum Gasteiger partial charge on any atom is -0.346 e. The Labute approximate surface area is 109 Å². The van der Waals surface area contributed by atoms with Gasteiger partial charge in [-0.15, -0.1) is 0 Å². The van der Waals surface area contributed by atoms with E-state index in [0.717, 1.165) is 37.3 Å². The first-order chi connectivity index (χ1) is 8.50. The van der Waals surface area contributed by atoms with Crippen LogP contribution in [0.3, 0.4) is 0 Å². The van der Waals surface area contributed by atoms with Crippen LogP contribution >= 0.6 is 11.3 Å². The molecular weight excluding hydrogens is 254 g/mol. The highest BCUT2D eigenvalue weighted by Crippen LogP contribution is 2.25. The lowest BCUT2D eigenvalue weighted by Gasteiger charge is -2.34. The second-order valence-electron chi connectivity index (χ2n) is 4.66. The number of carbonyl (C=O) groups is 1. The van der Waals surface area contributed by atoms with Crippen molar-refractivity contribution >= 4 is 22.2 Å². The molecule has 2 N–H and O–H groups in total. The highest BCUT2D eigenvalue weighted by Gasteiger charge is 2.29. The first-order valence-electron chi connectivity index (χ1n) is 5.78. The van der Waals surface area contributed by atoms with E-state index in [2.05, 4.69) is 10.6 Å². The van der Waals surface area contributed by atoms with Gasteiger partial charge in [0.25, 0.3) is 5.91 Å². The van der Waals surface area contributed by atoms with Gasteiger partial charge in [-0.3, -0.25) is 14.9 Å². The quantitative estimate of drug-likeness (QED) is 0.643. The van der Waals surface area contributed by atoms with Gasteiger partial charge in [-0.1, -0.05) is 11.3 Å².